The number of hydrogen-bond acceptors (Lipinski definition) is 2. The molecule has 84 valence electrons. The Morgan fingerprint density at radius 1 is 1.43 bits per heavy atom. The molecule has 14 heavy (non-hydrogen) atoms. The molecule has 0 radical (unpaired) electrons. The molecule has 0 aliphatic carbocycles. The molecule has 0 unspecified atom stereocenters. The second-order valence-electron chi connectivity index (χ2n) is 4.24. The fraction of sp³-hybridized carbons (Fsp3) is 0.909. The van der Waals surface area contributed by atoms with Gasteiger partial charge in [-0.15, -0.1) is 0 Å². The summed E-state index contributed by atoms with van der Waals surface area (Å²) < 4.78 is 4.87. The van der Waals surface area contributed by atoms with Crippen molar-refractivity contribution >= 4 is 5.91 Å². The maximum atomic E-state index is 11.7. The van der Waals surface area contributed by atoms with Crippen LogP contribution in [-0.4, -0.2) is 26.2 Å². The van der Waals surface area contributed by atoms with Crippen LogP contribution in [0.4, 0.5) is 0 Å². The summed E-state index contributed by atoms with van der Waals surface area (Å²) in [4.78, 5) is 11.7. The van der Waals surface area contributed by atoms with Crippen molar-refractivity contribution in [3.63, 3.8) is 0 Å². The first-order valence-corrected chi connectivity index (χ1v) is 5.32. The molecule has 0 aromatic carbocycles. The van der Waals surface area contributed by atoms with E-state index in [1.165, 1.54) is 0 Å². The molecule has 0 atom stereocenters. The van der Waals surface area contributed by atoms with Gasteiger partial charge in [-0.1, -0.05) is 33.6 Å². The number of carbonyl (C=O) groups excluding carboxylic acids is 1. The molecule has 0 aromatic rings. The average Bonchev–Trinajstić information content (AvgIpc) is 2.15. The minimum Gasteiger partial charge on any atom is -0.383 e. The number of methoxy groups -OCH3 is 1. The molecule has 0 heterocycles. The average molecular weight is 201 g/mol. The van der Waals surface area contributed by atoms with E-state index in [4.69, 9.17) is 4.74 Å². The highest BCUT2D eigenvalue weighted by Crippen LogP contribution is 2.23. The van der Waals surface area contributed by atoms with Crippen molar-refractivity contribution in [2.75, 3.05) is 20.3 Å². The van der Waals surface area contributed by atoms with Crippen LogP contribution in [0, 0.1) is 5.41 Å². The Morgan fingerprint density at radius 3 is 2.57 bits per heavy atom. The smallest absolute Gasteiger partial charge is 0.225 e. The van der Waals surface area contributed by atoms with Gasteiger partial charge in [0, 0.05) is 19.1 Å². The molecule has 3 nitrogen and oxygen atoms in total. The number of ether oxygens (including phenoxy) is 1. The molecule has 0 bridgehead atoms. The topological polar surface area (TPSA) is 38.3 Å². The Hall–Kier alpha value is -0.570. The molecule has 1 amide bonds. The zero-order chi connectivity index (χ0) is 11.0. The van der Waals surface area contributed by atoms with E-state index < -0.39 is 0 Å². The SMILES string of the molecule is CCCCC(C)(C)C(=O)NCCOC. The fourth-order valence-corrected chi connectivity index (χ4v) is 1.24. The van der Waals surface area contributed by atoms with Gasteiger partial charge < -0.3 is 10.1 Å². The van der Waals surface area contributed by atoms with Gasteiger partial charge in [0.1, 0.15) is 0 Å². The van der Waals surface area contributed by atoms with Crippen LogP contribution in [0.3, 0.4) is 0 Å². The summed E-state index contributed by atoms with van der Waals surface area (Å²) in [6, 6.07) is 0. The zero-order valence-corrected chi connectivity index (χ0v) is 9.85. The first kappa shape index (κ1) is 13.4. The predicted molar refractivity (Wildman–Crippen MR) is 58.2 cm³/mol. The number of hydrogen-bond donors (Lipinski definition) is 1. The maximum absolute atomic E-state index is 11.7. The molecule has 0 saturated heterocycles. The molecule has 0 aliphatic rings. The van der Waals surface area contributed by atoms with E-state index in [0.29, 0.717) is 13.2 Å². The Morgan fingerprint density at radius 2 is 2.07 bits per heavy atom. The highest BCUT2D eigenvalue weighted by molar-refractivity contribution is 5.81. The van der Waals surface area contributed by atoms with Crippen LogP contribution in [0.15, 0.2) is 0 Å². The normalized spacial score (nSPS) is 11.4. The monoisotopic (exact) mass is 201 g/mol. The van der Waals surface area contributed by atoms with E-state index in [0.717, 1.165) is 19.3 Å². The van der Waals surface area contributed by atoms with E-state index >= 15 is 0 Å². The van der Waals surface area contributed by atoms with Crippen LogP contribution >= 0.6 is 0 Å². The quantitative estimate of drug-likeness (QED) is 0.639. The van der Waals surface area contributed by atoms with Crippen LogP contribution in [0.5, 0.6) is 0 Å². The summed E-state index contributed by atoms with van der Waals surface area (Å²) in [5.74, 6) is 0.128. The van der Waals surface area contributed by atoms with Crippen molar-refractivity contribution in [3.05, 3.63) is 0 Å². The summed E-state index contributed by atoms with van der Waals surface area (Å²) >= 11 is 0. The summed E-state index contributed by atoms with van der Waals surface area (Å²) in [6.45, 7) is 7.30. The molecule has 3 heteroatoms. The van der Waals surface area contributed by atoms with E-state index in [9.17, 15) is 4.79 Å². The number of unbranched alkanes of at least 4 members (excludes halogenated alkanes) is 1. The van der Waals surface area contributed by atoms with Gasteiger partial charge in [0.15, 0.2) is 0 Å². The Bertz CT molecular complexity index is 167. The third kappa shape index (κ3) is 5.22. The van der Waals surface area contributed by atoms with Gasteiger partial charge >= 0.3 is 0 Å². The molecule has 1 N–H and O–H groups in total. The molecule has 0 aromatic heterocycles. The van der Waals surface area contributed by atoms with E-state index in [2.05, 4.69) is 12.2 Å². The standard InChI is InChI=1S/C11H23NO2/c1-5-6-7-11(2,3)10(13)12-8-9-14-4/h5-9H2,1-4H3,(H,12,13). The van der Waals surface area contributed by atoms with Gasteiger partial charge in [-0.2, -0.15) is 0 Å². The molecule has 0 rings (SSSR count). The van der Waals surface area contributed by atoms with Crippen LogP contribution in [0.1, 0.15) is 40.0 Å². The molecular weight excluding hydrogens is 178 g/mol. The Labute approximate surface area is 87.2 Å². The largest absolute Gasteiger partial charge is 0.383 e. The van der Waals surface area contributed by atoms with Crippen molar-refractivity contribution in [2.24, 2.45) is 5.41 Å². The van der Waals surface area contributed by atoms with Crippen molar-refractivity contribution in [1.29, 1.82) is 0 Å². The number of nitrogens with one attached hydrogen (secondary N) is 1. The van der Waals surface area contributed by atoms with Gasteiger partial charge in [-0.3, -0.25) is 4.79 Å². The fourth-order valence-electron chi connectivity index (χ4n) is 1.24. The first-order chi connectivity index (χ1) is 6.54. The molecule has 0 aliphatic heterocycles. The van der Waals surface area contributed by atoms with Crippen molar-refractivity contribution in [2.45, 2.75) is 40.0 Å². The molecule has 0 fully saturated rings. The van der Waals surface area contributed by atoms with Crippen LogP contribution in [0.2, 0.25) is 0 Å². The van der Waals surface area contributed by atoms with Crippen molar-refractivity contribution < 1.29 is 9.53 Å². The van der Waals surface area contributed by atoms with Crippen molar-refractivity contribution in [1.82, 2.24) is 5.32 Å². The minimum atomic E-state index is -0.246. The van der Waals surface area contributed by atoms with E-state index in [1.807, 2.05) is 13.8 Å². The zero-order valence-electron chi connectivity index (χ0n) is 9.85. The second kappa shape index (κ2) is 6.82. The van der Waals surface area contributed by atoms with Gasteiger partial charge in [0.2, 0.25) is 5.91 Å². The Balaban J connectivity index is 3.82. The van der Waals surface area contributed by atoms with Gasteiger partial charge in [-0.25, -0.2) is 0 Å². The van der Waals surface area contributed by atoms with E-state index in [-0.39, 0.29) is 11.3 Å². The predicted octanol–water partition coefficient (Wildman–Crippen LogP) is 1.97. The van der Waals surface area contributed by atoms with Crippen molar-refractivity contribution in [3.8, 4) is 0 Å². The lowest BCUT2D eigenvalue weighted by molar-refractivity contribution is -0.129. The molecule has 0 spiro atoms. The number of amides is 1. The first-order valence-electron chi connectivity index (χ1n) is 5.32. The number of rotatable bonds is 7. The highest BCUT2D eigenvalue weighted by Gasteiger charge is 2.25. The highest BCUT2D eigenvalue weighted by atomic mass is 16.5. The second-order valence-corrected chi connectivity index (χ2v) is 4.24. The lowest BCUT2D eigenvalue weighted by Crippen LogP contribution is -2.38. The number of carbonyl (C=O) groups is 1. The third-order valence-corrected chi connectivity index (χ3v) is 2.36. The van der Waals surface area contributed by atoms with Gasteiger partial charge in [-0.05, 0) is 6.42 Å². The van der Waals surface area contributed by atoms with Crippen LogP contribution < -0.4 is 5.32 Å². The summed E-state index contributed by atoms with van der Waals surface area (Å²) in [6.07, 6.45) is 3.18. The summed E-state index contributed by atoms with van der Waals surface area (Å²) in [7, 11) is 1.63. The lowest BCUT2D eigenvalue weighted by Gasteiger charge is -2.23. The Kier molecular flexibility index (Phi) is 6.54. The van der Waals surface area contributed by atoms with E-state index in [1.54, 1.807) is 7.11 Å². The van der Waals surface area contributed by atoms with Gasteiger partial charge in [0.25, 0.3) is 0 Å². The minimum absolute atomic E-state index is 0.128. The summed E-state index contributed by atoms with van der Waals surface area (Å²) in [5.41, 5.74) is -0.246. The van der Waals surface area contributed by atoms with Gasteiger partial charge in [0.05, 0.1) is 6.61 Å². The van der Waals surface area contributed by atoms with Crippen LogP contribution in [-0.2, 0) is 9.53 Å². The molecular formula is C11H23NO2. The third-order valence-electron chi connectivity index (χ3n) is 2.36. The molecule has 0 saturated carbocycles. The lowest BCUT2D eigenvalue weighted by atomic mass is 9.86. The summed E-state index contributed by atoms with van der Waals surface area (Å²) in [5, 5.41) is 2.87. The maximum Gasteiger partial charge on any atom is 0.225 e. The van der Waals surface area contributed by atoms with Crippen LogP contribution in [0.25, 0.3) is 0 Å².